The minimum absolute atomic E-state index is 0.0188. The highest BCUT2D eigenvalue weighted by atomic mass is 16.5. The maximum absolute atomic E-state index is 12.6. The second kappa shape index (κ2) is 8.21. The van der Waals surface area contributed by atoms with Crippen LogP contribution in [0, 0.1) is 27.7 Å². The van der Waals surface area contributed by atoms with Crippen LogP contribution in [-0.4, -0.2) is 33.9 Å². The number of phenolic OH excluding ortho intramolecular Hbond substituents is 3. The molecule has 0 unspecified atom stereocenters. The lowest BCUT2D eigenvalue weighted by molar-refractivity contribution is 0.0500. The van der Waals surface area contributed by atoms with Crippen molar-refractivity contribution >= 4 is 11.9 Å². The van der Waals surface area contributed by atoms with Gasteiger partial charge in [0.25, 0.3) is 0 Å². The van der Waals surface area contributed by atoms with E-state index in [9.17, 15) is 24.9 Å². The molecule has 2 rings (SSSR count). The third-order valence-corrected chi connectivity index (χ3v) is 4.48. The molecule has 2 aromatic rings. The molecule has 0 bridgehead atoms. The molecule has 7 nitrogen and oxygen atoms in total. The molecule has 0 aliphatic rings. The number of esters is 2. The number of aromatic hydroxyl groups is 3. The summed E-state index contributed by atoms with van der Waals surface area (Å²) >= 11 is 0. The first kappa shape index (κ1) is 21.1. The number of ether oxygens (including phenoxy) is 2. The first-order valence-electron chi connectivity index (χ1n) is 8.84. The number of carbonyl (C=O) groups is 2. The molecule has 0 radical (unpaired) electrons. The van der Waals surface area contributed by atoms with E-state index in [1.54, 1.807) is 13.8 Å². The van der Waals surface area contributed by atoms with Gasteiger partial charge < -0.3 is 24.8 Å². The van der Waals surface area contributed by atoms with Gasteiger partial charge in [0.2, 0.25) is 0 Å². The average Bonchev–Trinajstić information content (AvgIpc) is 2.62. The van der Waals surface area contributed by atoms with Gasteiger partial charge in [-0.3, -0.25) is 0 Å². The summed E-state index contributed by atoms with van der Waals surface area (Å²) in [4.78, 5) is 24.8. The number of aryl methyl sites for hydroxylation is 2. The highest BCUT2D eigenvalue weighted by Crippen LogP contribution is 2.37. The molecule has 0 aliphatic heterocycles. The summed E-state index contributed by atoms with van der Waals surface area (Å²) in [5.74, 6) is -2.28. The van der Waals surface area contributed by atoms with Gasteiger partial charge in [-0.15, -0.1) is 0 Å². The summed E-state index contributed by atoms with van der Waals surface area (Å²) in [6, 6.07) is 2.81. The van der Waals surface area contributed by atoms with Gasteiger partial charge >= 0.3 is 11.9 Å². The molecule has 150 valence electrons. The lowest BCUT2D eigenvalue weighted by Crippen LogP contribution is -2.14. The topological polar surface area (TPSA) is 113 Å². The average molecular weight is 388 g/mol. The van der Waals surface area contributed by atoms with Crippen molar-refractivity contribution < 1.29 is 34.4 Å². The van der Waals surface area contributed by atoms with Gasteiger partial charge in [-0.05, 0) is 57.4 Å². The lowest BCUT2D eigenvalue weighted by atomic mass is 10.0. The molecule has 7 heteroatoms. The van der Waals surface area contributed by atoms with E-state index in [2.05, 4.69) is 0 Å². The minimum atomic E-state index is -0.846. The van der Waals surface area contributed by atoms with Gasteiger partial charge in [0, 0.05) is 11.1 Å². The summed E-state index contributed by atoms with van der Waals surface area (Å²) in [5.41, 5.74) is 1.000. The SMILES string of the molecule is CCCOC(=O)c1c(C)cc(OC(=O)c2c(C)cc(O)c(C)c2O)c(C)c1O. The molecule has 0 fully saturated rings. The number of carbonyl (C=O) groups excluding carboxylic acids is 2. The molecule has 2 aromatic carbocycles. The molecule has 0 saturated heterocycles. The van der Waals surface area contributed by atoms with E-state index in [1.807, 2.05) is 6.92 Å². The maximum atomic E-state index is 12.6. The standard InChI is InChI=1S/C21H24O7/c1-6-7-27-20(25)16-11(3)9-15(13(5)19(16)24)28-21(26)17-10(2)8-14(22)12(4)18(17)23/h8-9,22-24H,6-7H2,1-5H3. The first-order chi connectivity index (χ1) is 13.1. The van der Waals surface area contributed by atoms with E-state index in [-0.39, 0.29) is 51.9 Å². The van der Waals surface area contributed by atoms with E-state index >= 15 is 0 Å². The molecule has 0 amide bonds. The highest BCUT2D eigenvalue weighted by Gasteiger charge is 2.25. The van der Waals surface area contributed by atoms with Crippen molar-refractivity contribution in [3.63, 3.8) is 0 Å². The van der Waals surface area contributed by atoms with Crippen LogP contribution >= 0.6 is 0 Å². The van der Waals surface area contributed by atoms with E-state index in [1.165, 1.54) is 26.0 Å². The zero-order valence-corrected chi connectivity index (χ0v) is 16.5. The maximum Gasteiger partial charge on any atom is 0.347 e. The van der Waals surface area contributed by atoms with E-state index in [4.69, 9.17) is 9.47 Å². The molecule has 3 N–H and O–H groups in total. The van der Waals surface area contributed by atoms with Gasteiger partial charge in [0.05, 0.1) is 6.61 Å². The van der Waals surface area contributed by atoms with Crippen LogP contribution < -0.4 is 4.74 Å². The van der Waals surface area contributed by atoms with Crippen molar-refractivity contribution in [2.75, 3.05) is 6.61 Å². The molecular formula is C21H24O7. The monoisotopic (exact) mass is 388 g/mol. The Balaban J connectivity index is 2.42. The lowest BCUT2D eigenvalue weighted by Gasteiger charge is -2.16. The van der Waals surface area contributed by atoms with Crippen LogP contribution in [0.1, 0.15) is 56.3 Å². The Morgan fingerprint density at radius 2 is 1.39 bits per heavy atom. The number of benzene rings is 2. The Hall–Kier alpha value is -3.22. The van der Waals surface area contributed by atoms with E-state index < -0.39 is 11.9 Å². The fourth-order valence-electron chi connectivity index (χ4n) is 2.79. The molecule has 0 spiro atoms. The van der Waals surface area contributed by atoms with Crippen LogP contribution in [0.4, 0.5) is 0 Å². The van der Waals surface area contributed by atoms with E-state index in [0.29, 0.717) is 17.5 Å². The van der Waals surface area contributed by atoms with Gasteiger partial charge in [-0.2, -0.15) is 0 Å². The zero-order valence-electron chi connectivity index (χ0n) is 16.5. The van der Waals surface area contributed by atoms with Crippen molar-refractivity contribution in [2.24, 2.45) is 0 Å². The summed E-state index contributed by atoms with van der Waals surface area (Å²) in [6.07, 6.45) is 0.648. The molecule has 0 heterocycles. The Morgan fingerprint density at radius 3 is 2.00 bits per heavy atom. The third kappa shape index (κ3) is 3.88. The van der Waals surface area contributed by atoms with Crippen molar-refractivity contribution in [1.29, 1.82) is 0 Å². The predicted octanol–water partition coefficient (Wildman–Crippen LogP) is 3.82. The second-order valence-electron chi connectivity index (χ2n) is 6.63. The smallest absolute Gasteiger partial charge is 0.347 e. The summed E-state index contributed by atoms with van der Waals surface area (Å²) in [5, 5.41) is 30.4. The second-order valence-corrected chi connectivity index (χ2v) is 6.63. The summed E-state index contributed by atoms with van der Waals surface area (Å²) in [6.45, 7) is 8.20. The number of phenols is 3. The van der Waals surface area contributed by atoms with Crippen LogP contribution in [0.3, 0.4) is 0 Å². The fourth-order valence-corrected chi connectivity index (χ4v) is 2.79. The third-order valence-electron chi connectivity index (χ3n) is 4.48. The van der Waals surface area contributed by atoms with Crippen molar-refractivity contribution in [3.8, 4) is 23.0 Å². The zero-order chi connectivity index (χ0) is 21.2. The van der Waals surface area contributed by atoms with Gasteiger partial charge in [0.15, 0.2) is 0 Å². The van der Waals surface area contributed by atoms with Crippen molar-refractivity contribution in [2.45, 2.75) is 41.0 Å². The Bertz CT molecular complexity index is 945. The van der Waals surface area contributed by atoms with Crippen LogP contribution in [0.2, 0.25) is 0 Å². The van der Waals surface area contributed by atoms with E-state index in [0.717, 1.165) is 0 Å². The Morgan fingerprint density at radius 1 is 0.857 bits per heavy atom. The Labute approximate surface area is 163 Å². The van der Waals surface area contributed by atoms with Crippen LogP contribution in [0.5, 0.6) is 23.0 Å². The van der Waals surface area contributed by atoms with Crippen LogP contribution in [0.15, 0.2) is 12.1 Å². The number of rotatable bonds is 5. The Kier molecular flexibility index (Phi) is 6.18. The molecule has 0 atom stereocenters. The summed E-state index contributed by atoms with van der Waals surface area (Å²) in [7, 11) is 0. The molecule has 28 heavy (non-hydrogen) atoms. The van der Waals surface area contributed by atoms with Crippen molar-refractivity contribution in [1.82, 2.24) is 0 Å². The van der Waals surface area contributed by atoms with Crippen LogP contribution in [-0.2, 0) is 4.74 Å². The summed E-state index contributed by atoms with van der Waals surface area (Å²) < 4.78 is 10.4. The highest BCUT2D eigenvalue weighted by molar-refractivity contribution is 5.98. The number of hydrogen-bond donors (Lipinski definition) is 3. The normalized spacial score (nSPS) is 10.6. The molecule has 0 saturated carbocycles. The van der Waals surface area contributed by atoms with Gasteiger partial charge in [-0.25, -0.2) is 9.59 Å². The molecule has 0 aliphatic carbocycles. The first-order valence-corrected chi connectivity index (χ1v) is 8.84. The van der Waals surface area contributed by atoms with Crippen LogP contribution in [0.25, 0.3) is 0 Å². The van der Waals surface area contributed by atoms with Gasteiger partial charge in [0.1, 0.15) is 34.1 Å². The number of hydrogen-bond acceptors (Lipinski definition) is 7. The quantitative estimate of drug-likeness (QED) is 0.527. The minimum Gasteiger partial charge on any atom is -0.508 e. The fraction of sp³-hybridized carbons (Fsp3) is 0.333. The largest absolute Gasteiger partial charge is 0.508 e. The van der Waals surface area contributed by atoms with Crippen molar-refractivity contribution in [3.05, 3.63) is 45.5 Å². The molecule has 0 aromatic heterocycles. The predicted molar refractivity (Wildman–Crippen MR) is 102 cm³/mol. The molecular weight excluding hydrogens is 364 g/mol. The van der Waals surface area contributed by atoms with Gasteiger partial charge in [-0.1, -0.05) is 6.92 Å².